The average Bonchev–Trinajstić information content (AvgIpc) is 3.83. The van der Waals surface area contributed by atoms with Crippen LogP contribution in [0.25, 0.3) is 89.7 Å². The molecule has 0 unspecified atom stereocenters. The van der Waals surface area contributed by atoms with Crippen molar-refractivity contribution >= 4 is 72.6 Å². The second kappa shape index (κ2) is 19.3. The molecule has 5 heterocycles. The molecule has 3 aromatic heterocycles. The summed E-state index contributed by atoms with van der Waals surface area (Å²) in [4.78, 5) is 39.3. The number of hydrogen-bond acceptors (Lipinski definition) is 15. The number of hydrogen-bond donors (Lipinski definition) is 0. The molecule has 8 bridgehead atoms. The zero-order valence-electron chi connectivity index (χ0n) is 30.0. The van der Waals surface area contributed by atoms with E-state index in [2.05, 4.69) is 0 Å². The van der Waals surface area contributed by atoms with E-state index >= 15 is 0 Å². The van der Waals surface area contributed by atoms with Crippen LogP contribution in [0.5, 0.6) is 0 Å². The summed E-state index contributed by atoms with van der Waals surface area (Å²) in [6.07, 6.45) is 0.604. The molecule has 0 spiro atoms. The molecule has 9 rings (SSSR count). The third-order valence-electron chi connectivity index (χ3n) is 7.58. The Kier molecular flexibility index (Phi) is 16.5. The first kappa shape index (κ1) is 48.9. The van der Waals surface area contributed by atoms with E-state index in [1.54, 1.807) is 0 Å². The summed E-state index contributed by atoms with van der Waals surface area (Å²) < 4.78 is 82.4. The van der Waals surface area contributed by atoms with Crippen LogP contribution in [0.3, 0.4) is 0 Å². The van der Waals surface area contributed by atoms with Crippen molar-refractivity contribution in [2.24, 2.45) is 0 Å². The average molecular weight is 900 g/mol. The van der Waals surface area contributed by atoms with Gasteiger partial charge in [0.15, 0.2) is 18.3 Å². The molecule has 4 aromatic carbocycles. The van der Waals surface area contributed by atoms with Crippen molar-refractivity contribution < 1.29 is 145 Å². The van der Waals surface area contributed by atoms with Crippen LogP contribution in [0.15, 0.2) is 97.1 Å². The Labute approximate surface area is 401 Å². The normalized spacial score (nSPS) is 11.4. The number of benzene rings is 4. The minimum Gasteiger partial charge on any atom is -0.748 e. The van der Waals surface area contributed by atoms with E-state index < -0.39 is 28.4 Å². The van der Waals surface area contributed by atoms with Gasteiger partial charge in [0.1, 0.15) is 0 Å². The Bertz CT molecular complexity index is 2800. The summed E-state index contributed by atoms with van der Waals surface area (Å²) in [7, 11) is -15.3. The molecule has 277 valence electrons. The van der Waals surface area contributed by atoms with Crippen molar-refractivity contribution in [3.05, 3.63) is 97.1 Å². The van der Waals surface area contributed by atoms with Gasteiger partial charge >= 0.3 is 106 Å². The molecule has 0 amide bonds. The summed E-state index contributed by atoms with van der Waals surface area (Å²) in [5.74, 6) is 2.21. The van der Waals surface area contributed by atoms with Gasteiger partial charge in [-0.3, -0.25) is 0 Å². The van der Waals surface area contributed by atoms with Gasteiger partial charge in [-0.25, -0.2) is 35.2 Å². The minimum atomic E-state index is -5.67. The Morgan fingerprint density at radius 3 is 0.789 bits per heavy atom. The number of rotatable bonds is 1. The maximum atomic E-state index is 9.20. The monoisotopic (exact) mass is 899 g/mol. The van der Waals surface area contributed by atoms with E-state index in [1.165, 1.54) is 0 Å². The molecule has 0 aliphatic carbocycles. The largest absolute Gasteiger partial charge is 2.00 e. The SMILES string of the molecule is CS(=O)(=O)[O-].O=S(=O)([O-])S(=O)(=O)[O-].[Cu+2].[Na+].[Na+].[Na+].c1ccc2c(c1)-c1nc-2nc2[n-]c(nc3nc(nc4[n-]c(n1)c1ccccc41)-c1ccccc1-3)c1ccccc21. The Balaban J connectivity index is 0.000000449. The van der Waals surface area contributed by atoms with Gasteiger partial charge in [0.2, 0.25) is 0 Å². The molecular formula is C33H19CuN8Na3O9S3. The Hall–Kier alpha value is -2.51. The van der Waals surface area contributed by atoms with Crippen molar-refractivity contribution in [3.8, 4) is 45.6 Å². The smallest absolute Gasteiger partial charge is 0.748 e. The third-order valence-corrected chi connectivity index (χ3v) is 9.58. The fourth-order valence-electron chi connectivity index (χ4n) is 5.46. The third kappa shape index (κ3) is 10.8. The number of nitrogens with zero attached hydrogens (tertiary/aromatic N) is 8. The molecule has 57 heavy (non-hydrogen) atoms. The van der Waals surface area contributed by atoms with Gasteiger partial charge < -0.3 is 43.6 Å². The fourth-order valence-corrected chi connectivity index (χ4v) is 5.46. The van der Waals surface area contributed by atoms with Crippen LogP contribution < -0.4 is 98.6 Å². The summed E-state index contributed by atoms with van der Waals surface area (Å²) in [5.41, 5.74) is 5.78. The molecule has 0 atom stereocenters. The van der Waals surface area contributed by atoms with E-state index in [9.17, 15) is 25.9 Å². The molecule has 17 nitrogen and oxygen atoms in total. The molecule has 0 fully saturated rings. The van der Waals surface area contributed by atoms with Crippen LogP contribution in [0.4, 0.5) is 0 Å². The maximum Gasteiger partial charge on any atom is 2.00 e. The van der Waals surface area contributed by atoms with E-state index in [-0.39, 0.29) is 106 Å². The van der Waals surface area contributed by atoms with E-state index in [1.807, 2.05) is 97.1 Å². The molecule has 2 aliphatic heterocycles. The van der Waals surface area contributed by atoms with E-state index in [4.69, 9.17) is 52.8 Å². The van der Waals surface area contributed by atoms with Crippen LogP contribution in [0, 0.1) is 0 Å². The first-order valence-electron chi connectivity index (χ1n) is 15.0. The van der Waals surface area contributed by atoms with Gasteiger partial charge in [0, 0.05) is 51.1 Å². The summed E-state index contributed by atoms with van der Waals surface area (Å²) in [5, 5.41) is 3.57. The second-order valence-corrected chi connectivity index (χ2v) is 16.7. The van der Waals surface area contributed by atoms with Crippen molar-refractivity contribution in [1.82, 2.24) is 39.9 Å². The Morgan fingerprint density at radius 1 is 0.404 bits per heavy atom. The molecule has 7 aromatic rings. The van der Waals surface area contributed by atoms with E-state index in [0.717, 1.165) is 43.8 Å². The van der Waals surface area contributed by atoms with Gasteiger partial charge in [-0.2, -0.15) is 0 Å². The number of fused-ring (bicyclic) bond motifs is 20. The van der Waals surface area contributed by atoms with Crippen LogP contribution in [0.2, 0.25) is 0 Å². The standard InChI is InChI=1S/C32H16N8.CH4O3S.Cu.3Na.H2O6S2/c1-2-10-18-17(9-1)25-33-26(18)38-28-21-13-5-6-14-22(21)30(35-28)40-32-24-16-8-7-15-23(24)31(36-32)39-29-20-12-4-3-11-19(20)27(34-29)37-25;1-5(2,3)4;;;;;1-7(2,3)8(4,5)6/h1-16H;1H3,(H,2,3,4);;;;;(H,1,2,3)(H,4,5,6)/q-2;;+2;3*+1;/p-3. The quantitative estimate of drug-likeness (QED) is 0.0843. The van der Waals surface area contributed by atoms with E-state index in [0.29, 0.717) is 52.1 Å². The fraction of sp³-hybridized carbons (Fsp3) is 0.0303. The van der Waals surface area contributed by atoms with Crippen molar-refractivity contribution in [3.63, 3.8) is 0 Å². The predicted octanol–water partition coefficient (Wildman–Crippen LogP) is -5.71. The first-order chi connectivity index (χ1) is 25.0. The second-order valence-electron chi connectivity index (χ2n) is 11.2. The van der Waals surface area contributed by atoms with Crippen LogP contribution >= 0.6 is 0 Å². The predicted molar refractivity (Wildman–Crippen MR) is 189 cm³/mol. The van der Waals surface area contributed by atoms with Crippen molar-refractivity contribution in [1.29, 1.82) is 0 Å². The van der Waals surface area contributed by atoms with Gasteiger partial charge in [-0.05, 0) is 21.5 Å². The van der Waals surface area contributed by atoms with Crippen LogP contribution in [0.1, 0.15) is 0 Å². The van der Waals surface area contributed by atoms with Gasteiger partial charge in [0.25, 0.3) is 0 Å². The first-order valence-corrected chi connectivity index (χ1v) is 20.1. The minimum absolute atomic E-state index is 0. The molecule has 2 aliphatic rings. The van der Waals surface area contributed by atoms with Gasteiger partial charge in [-0.15, -0.1) is 0 Å². The summed E-state index contributed by atoms with van der Waals surface area (Å²) >= 11 is 0. The molecular weight excluding hydrogens is 881 g/mol. The maximum absolute atomic E-state index is 9.20. The summed E-state index contributed by atoms with van der Waals surface area (Å²) in [6.45, 7) is 0. The summed E-state index contributed by atoms with van der Waals surface area (Å²) in [6, 6.07) is 31.8. The van der Waals surface area contributed by atoms with Crippen molar-refractivity contribution in [2.75, 3.05) is 6.26 Å². The molecule has 0 saturated carbocycles. The molecule has 0 N–H and O–H groups in total. The molecule has 0 saturated heterocycles. The van der Waals surface area contributed by atoms with Crippen LogP contribution in [-0.2, 0) is 45.5 Å². The van der Waals surface area contributed by atoms with Crippen molar-refractivity contribution in [2.45, 2.75) is 0 Å². The Morgan fingerprint density at radius 2 is 0.596 bits per heavy atom. The zero-order chi connectivity index (χ0) is 37.7. The topological polar surface area (TPSA) is 277 Å². The van der Waals surface area contributed by atoms with Crippen LogP contribution in [-0.4, -0.2) is 75.1 Å². The molecule has 1 radical (unpaired) electrons. The van der Waals surface area contributed by atoms with Gasteiger partial charge in [-0.1, -0.05) is 97.1 Å². The molecule has 24 heteroatoms. The number of aromatic nitrogens is 8. The van der Waals surface area contributed by atoms with Gasteiger partial charge in [0.05, 0.1) is 33.4 Å². The zero-order valence-corrected chi connectivity index (χ0v) is 39.4.